The molecule has 2 aromatic heterocycles. The van der Waals surface area contributed by atoms with E-state index >= 15 is 0 Å². The highest BCUT2D eigenvalue weighted by atomic mass is 32.2. The molecule has 154 valence electrons. The predicted octanol–water partition coefficient (Wildman–Crippen LogP) is 4.43. The minimum Gasteiger partial charge on any atom is -0.355 e. The van der Waals surface area contributed by atoms with Crippen molar-refractivity contribution in [3.05, 3.63) is 26.6 Å². The molecule has 7 heteroatoms. The number of carbonyl (C=O) groups is 1. The van der Waals surface area contributed by atoms with Gasteiger partial charge in [0, 0.05) is 11.4 Å². The van der Waals surface area contributed by atoms with Crippen molar-refractivity contribution in [2.24, 2.45) is 5.92 Å². The lowest BCUT2D eigenvalue weighted by Gasteiger charge is -2.06. The van der Waals surface area contributed by atoms with E-state index in [0.717, 1.165) is 48.4 Å². The maximum Gasteiger partial charge on any atom is 0.259 e. The van der Waals surface area contributed by atoms with Crippen molar-refractivity contribution in [1.82, 2.24) is 15.3 Å². The Morgan fingerprint density at radius 1 is 1.25 bits per heavy atom. The lowest BCUT2D eigenvalue weighted by Crippen LogP contribution is -2.26. The zero-order valence-electron chi connectivity index (χ0n) is 16.9. The largest absolute Gasteiger partial charge is 0.355 e. The first-order valence-electron chi connectivity index (χ1n) is 10.4. The average Bonchev–Trinajstić information content (AvgIpc) is 3.21. The molecule has 1 amide bonds. The molecular weight excluding hydrogens is 390 g/mol. The van der Waals surface area contributed by atoms with Crippen LogP contribution in [0.5, 0.6) is 0 Å². The Hall–Kier alpha value is -1.34. The molecular formula is C21H31N3O2S2. The van der Waals surface area contributed by atoms with Gasteiger partial charge in [-0.1, -0.05) is 39.5 Å². The lowest BCUT2D eigenvalue weighted by atomic mass is 10.0. The van der Waals surface area contributed by atoms with Gasteiger partial charge in [0.05, 0.1) is 16.9 Å². The third kappa shape index (κ3) is 5.83. The van der Waals surface area contributed by atoms with Crippen LogP contribution in [0.3, 0.4) is 0 Å². The van der Waals surface area contributed by atoms with Crippen LogP contribution in [-0.4, -0.2) is 28.2 Å². The molecule has 5 nitrogen and oxygen atoms in total. The predicted molar refractivity (Wildman–Crippen MR) is 119 cm³/mol. The number of carbonyl (C=O) groups excluding carboxylic acids is 1. The number of aromatic amines is 1. The first kappa shape index (κ1) is 21.4. The van der Waals surface area contributed by atoms with Gasteiger partial charge >= 0.3 is 0 Å². The highest BCUT2D eigenvalue weighted by Crippen LogP contribution is 2.34. The van der Waals surface area contributed by atoms with Gasteiger partial charge in [-0.3, -0.25) is 9.59 Å². The summed E-state index contributed by atoms with van der Waals surface area (Å²) < 4.78 is 0. The smallest absolute Gasteiger partial charge is 0.259 e. The van der Waals surface area contributed by atoms with Gasteiger partial charge in [-0.2, -0.15) is 0 Å². The van der Waals surface area contributed by atoms with E-state index in [4.69, 9.17) is 0 Å². The second-order valence-electron chi connectivity index (χ2n) is 7.99. The van der Waals surface area contributed by atoms with E-state index < -0.39 is 0 Å². The number of nitrogens with zero attached hydrogens (tertiary/aromatic N) is 1. The van der Waals surface area contributed by atoms with E-state index in [2.05, 4.69) is 29.1 Å². The van der Waals surface area contributed by atoms with Crippen LogP contribution in [0.4, 0.5) is 0 Å². The van der Waals surface area contributed by atoms with Gasteiger partial charge in [0.1, 0.15) is 10.7 Å². The zero-order valence-corrected chi connectivity index (χ0v) is 18.6. The summed E-state index contributed by atoms with van der Waals surface area (Å²) in [4.78, 5) is 34.1. The summed E-state index contributed by atoms with van der Waals surface area (Å²) in [5.74, 6) is 2.46. The second-order valence-corrected chi connectivity index (χ2v) is 10.1. The molecule has 0 radical (unpaired) electrons. The summed E-state index contributed by atoms with van der Waals surface area (Å²) in [6.45, 7) is 5.27. The molecule has 2 aromatic rings. The number of thioether (sulfide) groups is 1. The SMILES string of the molecule is CC(C)CCCCCCNC(=O)CSCc1nc2sc3c(c2c(=O)[nH]1)CCC3. The fraction of sp³-hybridized carbons (Fsp3) is 0.667. The topological polar surface area (TPSA) is 74.8 Å². The molecule has 28 heavy (non-hydrogen) atoms. The normalized spacial score (nSPS) is 13.4. The third-order valence-corrected chi connectivity index (χ3v) is 7.26. The molecule has 2 N–H and O–H groups in total. The van der Waals surface area contributed by atoms with Crippen molar-refractivity contribution in [1.29, 1.82) is 0 Å². The molecule has 1 aliphatic carbocycles. The van der Waals surface area contributed by atoms with Crippen LogP contribution < -0.4 is 10.9 Å². The van der Waals surface area contributed by atoms with Crippen LogP contribution in [0.15, 0.2) is 4.79 Å². The number of aryl methyl sites for hydroxylation is 2. The molecule has 0 fully saturated rings. The molecule has 0 aromatic carbocycles. The van der Waals surface area contributed by atoms with Crippen molar-refractivity contribution in [3.63, 3.8) is 0 Å². The van der Waals surface area contributed by atoms with E-state index in [-0.39, 0.29) is 11.5 Å². The molecule has 0 aliphatic heterocycles. The first-order valence-corrected chi connectivity index (χ1v) is 12.4. The minimum atomic E-state index is -0.0260. The fourth-order valence-electron chi connectivity index (χ4n) is 3.67. The molecule has 2 heterocycles. The number of aromatic nitrogens is 2. The Morgan fingerprint density at radius 2 is 2.07 bits per heavy atom. The van der Waals surface area contributed by atoms with E-state index in [1.165, 1.54) is 47.9 Å². The summed E-state index contributed by atoms with van der Waals surface area (Å²) in [6.07, 6.45) is 9.24. The Balaban J connectivity index is 1.36. The van der Waals surface area contributed by atoms with E-state index in [1.807, 2.05) is 0 Å². The van der Waals surface area contributed by atoms with Gasteiger partial charge in [-0.25, -0.2) is 4.98 Å². The summed E-state index contributed by atoms with van der Waals surface area (Å²) in [5.41, 5.74) is 1.18. The Kier molecular flexibility index (Phi) is 7.97. The van der Waals surface area contributed by atoms with Gasteiger partial charge in [0.25, 0.3) is 5.56 Å². The lowest BCUT2D eigenvalue weighted by molar-refractivity contribution is -0.118. The summed E-state index contributed by atoms with van der Waals surface area (Å²) >= 11 is 3.15. The highest BCUT2D eigenvalue weighted by molar-refractivity contribution is 7.99. The molecule has 0 saturated carbocycles. The average molecular weight is 422 g/mol. The van der Waals surface area contributed by atoms with E-state index in [0.29, 0.717) is 17.3 Å². The first-order chi connectivity index (χ1) is 13.5. The second kappa shape index (κ2) is 10.4. The number of rotatable bonds is 11. The van der Waals surface area contributed by atoms with Gasteiger partial charge in [0.15, 0.2) is 0 Å². The van der Waals surface area contributed by atoms with Crippen LogP contribution in [0, 0.1) is 5.92 Å². The van der Waals surface area contributed by atoms with Gasteiger partial charge in [0.2, 0.25) is 5.91 Å². The Morgan fingerprint density at radius 3 is 2.89 bits per heavy atom. The molecule has 0 unspecified atom stereocenters. The summed E-state index contributed by atoms with van der Waals surface area (Å²) in [7, 11) is 0. The van der Waals surface area contributed by atoms with Crippen LogP contribution in [-0.2, 0) is 23.4 Å². The quantitative estimate of drug-likeness (QED) is 0.526. The standard InChI is InChI=1S/C21H31N3O2S2/c1-14(2)8-5-3-4-6-11-22-18(25)13-27-12-17-23-20(26)19-15-9-7-10-16(15)28-21(19)24-17/h14H,3-13H2,1-2H3,(H,22,25)(H,23,24,26). The van der Waals surface area contributed by atoms with Gasteiger partial charge < -0.3 is 10.3 Å². The molecule has 0 spiro atoms. The van der Waals surface area contributed by atoms with Crippen LogP contribution >= 0.6 is 23.1 Å². The van der Waals surface area contributed by atoms with E-state index in [9.17, 15) is 9.59 Å². The van der Waals surface area contributed by atoms with Crippen molar-refractivity contribution in [2.45, 2.75) is 71.0 Å². The number of hydrogen-bond acceptors (Lipinski definition) is 5. The number of fused-ring (bicyclic) bond motifs is 3. The Bertz CT molecular complexity index is 857. The molecule has 3 rings (SSSR count). The van der Waals surface area contributed by atoms with Gasteiger partial charge in [-0.05, 0) is 37.2 Å². The molecule has 0 atom stereocenters. The summed E-state index contributed by atoms with van der Waals surface area (Å²) in [5, 5.41) is 3.77. The monoisotopic (exact) mass is 421 g/mol. The maximum atomic E-state index is 12.4. The summed E-state index contributed by atoms with van der Waals surface area (Å²) in [6, 6.07) is 0. The number of H-pyrrole nitrogens is 1. The number of nitrogens with one attached hydrogen (secondary N) is 2. The zero-order chi connectivity index (χ0) is 19.9. The van der Waals surface area contributed by atoms with Crippen LogP contribution in [0.25, 0.3) is 10.2 Å². The number of thiophene rings is 1. The van der Waals surface area contributed by atoms with Crippen molar-refractivity contribution >= 4 is 39.2 Å². The number of hydrogen-bond donors (Lipinski definition) is 2. The minimum absolute atomic E-state index is 0.0260. The van der Waals surface area contributed by atoms with Gasteiger partial charge in [-0.15, -0.1) is 23.1 Å². The third-order valence-electron chi connectivity index (χ3n) is 5.13. The van der Waals surface area contributed by atoms with Crippen molar-refractivity contribution < 1.29 is 4.79 Å². The highest BCUT2D eigenvalue weighted by Gasteiger charge is 2.21. The molecule has 1 aliphatic rings. The van der Waals surface area contributed by atoms with Crippen molar-refractivity contribution in [3.8, 4) is 0 Å². The van der Waals surface area contributed by atoms with E-state index in [1.54, 1.807) is 11.3 Å². The Labute approximate surface area is 175 Å². The van der Waals surface area contributed by atoms with Crippen LogP contribution in [0.1, 0.15) is 68.6 Å². The number of amides is 1. The molecule has 0 bridgehead atoms. The van der Waals surface area contributed by atoms with Crippen molar-refractivity contribution in [2.75, 3.05) is 12.3 Å². The molecule has 0 saturated heterocycles. The van der Waals surface area contributed by atoms with Crippen LogP contribution in [0.2, 0.25) is 0 Å². The fourth-order valence-corrected chi connectivity index (χ4v) is 5.67. The maximum absolute atomic E-state index is 12.4. The number of unbranched alkanes of at least 4 members (excludes halogenated alkanes) is 3.